The van der Waals surface area contributed by atoms with Crippen molar-refractivity contribution in [3.63, 3.8) is 0 Å². The number of nitrogens with one attached hydrogen (secondary N) is 1. The van der Waals surface area contributed by atoms with Gasteiger partial charge in [0, 0.05) is 13.6 Å². The molecule has 0 saturated heterocycles. The van der Waals surface area contributed by atoms with Gasteiger partial charge in [-0.2, -0.15) is 0 Å². The Labute approximate surface area is 136 Å². The van der Waals surface area contributed by atoms with Gasteiger partial charge in [-0.25, -0.2) is 4.98 Å². The van der Waals surface area contributed by atoms with Gasteiger partial charge in [-0.05, 0) is 31.5 Å². The van der Waals surface area contributed by atoms with Gasteiger partial charge in [0.2, 0.25) is 0 Å². The number of rotatable bonds is 5. The zero-order valence-corrected chi connectivity index (χ0v) is 13.8. The predicted octanol–water partition coefficient (Wildman–Crippen LogP) is 3.13. The van der Waals surface area contributed by atoms with Gasteiger partial charge in [0.15, 0.2) is 0 Å². The van der Waals surface area contributed by atoms with Gasteiger partial charge in [0.05, 0.1) is 22.7 Å². The summed E-state index contributed by atoms with van der Waals surface area (Å²) in [6.07, 6.45) is 0. The zero-order valence-electron chi connectivity index (χ0n) is 13.8. The van der Waals surface area contributed by atoms with E-state index in [0.717, 1.165) is 22.4 Å². The van der Waals surface area contributed by atoms with E-state index in [1.807, 2.05) is 62.5 Å². The van der Waals surface area contributed by atoms with Crippen molar-refractivity contribution in [3.05, 3.63) is 66.0 Å². The van der Waals surface area contributed by atoms with Crippen LogP contribution in [0, 0.1) is 0 Å². The van der Waals surface area contributed by atoms with E-state index in [4.69, 9.17) is 4.98 Å². The van der Waals surface area contributed by atoms with Gasteiger partial charge in [-0.1, -0.05) is 42.5 Å². The van der Waals surface area contributed by atoms with Crippen molar-refractivity contribution in [2.45, 2.75) is 25.5 Å². The molecule has 120 valence electrons. The molecule has 3 aromatic rings. The third kappa shape index (κ3) is 3.14. The monoisotopic (exact) mass is 309 g/mol. The molecule has 1 heterocycles. The van der Waals surface area contributed by atoms with Crippen molar-refractivity contribution in [1.29, 1.82) is 0 Å². The van der Waals surface area contributed by atoms with Crippen molar-refractivity contribution >= 4 is 11.0 Å². The molecular weight excluding hydrogens is 286 g/mol. The number of nitrogens with zero attached hydrogens (tertiary/aromatic N) is 2. The van der Waals surface area contributed by atoms with E-state index in [9.17, 15) is 5.11 Å². The van der Waals surface area contributed by atoms with Crippen LogP contribution in [0.1, 0.15) is 31.3 Å². The first-order valence-electron chi connectivity index (χ1n) is 7.92. The fraction of sp³-hybridized carbons (Fsp3) is 0.316. The Morgan fingerprint density at radius 1 is 1.13 bits per heavy atom. The Hall–Kier alpha value is -2.17. The molecule has 3 rings (SSSR count). The van der Waals surface area contributed by atoms with Gasteiger partial charge in [-0.15, -0.1) is 0 Å². The van der Waals surface area contributed by atoms with Crippen LogP contribution in [0.4, 0.5) is 0 Å². The van der Waals surface area contributed by atoms with Crippen molar-refractivity contribution in [1.82, 2.24) is 14.9 Å². The minimum atomic E-state index is -0.917. The first-order valence-corrected chi connectivity index (χ1v) is 7.92. The second-order valence-corrected chi connectivity index (χ2v) is 6.26. The first-order chi connectivity index (χ1) is 11.0. The lowest BCUT2D eigenvalue weighted by Crippen LogP contribution is -2.37. The van der Waals surface area contributed by atoms with Crippen molar-refractivity contribution in [3.8, 4) is 0 Å². The lowest BCUT2D eigenvalue weighted by Gasteiger charge is -2.26. The van der Waals surface area contributed by atoms with Crippen molar-refractivity contribution in [2.75, 3.05) is 6.54 Å². The van der Waals surface area contributed by atoms with Crippen LogP contribution in [0.15, 0.2) is 54.6 Å². The number of aromatic nitrogens is 2. The van der Waals surface area contributed by atoms with E-state index >= 15 is 0 Å². The number of hydrogen-bond donors (Lipinski definition) is 2. The lowest BCUT2D eigenvalue weighted by atomic mass is 9.96. The molecule has 0 radical (unpaired) electrons. The zero-order chi connectivity index (χ0) is 16.4. The van der Waals surface area contributed by atoms with Crippen LogP contribution in [0.5, 0.6) is 0 Å². The Kier molecular flexibility index (Phi) is 4.20. The summed E-state index contributed by atoms with van der Waals surface area (Å²) in [5, 5.41) is 14.1. The Morgan fingerprint density at radius 2 is 1.78 bits per heavy atom. The summed E-state index contributed by atoms with van der Waals surface area (Å²) in [7, 11) is 2.03. The molecule has 23 heavy (non-hydrogen) atoms. The second kappa shape index (κ2) is 6.14. The number of para-hydroxylation sites is 2. The Balaban J connectivity index is 1.76. The summed E-state index contributed by atoms with van der Waals surface area (Å²) in [6.45, 7) is 4.36. The maximum atomic E-state index is 10.7. The molecule has 0 bridgehead atoms. The SMILES string of the molecule is CC(NCC(C)(O)c1ccccc1)c1nc2ccccc2n1C. The third-order valence-electron chi connectivity index (χ3n) is 4.36. The first kappa shape index (κ1) is 15.7. The molecule has 0 spiro atoms. The molecule has 0 aliphatic rings. The normalized spacial score (nSPS) is 15.5. The highest BCUT2D eigenvalue weighted by Crippen LogP contribution is 2.22. The highest BCUT2D eigenvalue weighted by molar-refractivity contribution is 5.75. The molecule has 2 unspecified atom stereocenters. The van der Waals surface area contributed by atoms with Gasteiger partial charge < -0.3 is 15.0 Å². The van der Waals surface area contributed by atoms with Gasteiger partial charge in [-0.3, -0.25) is 0 Å². The lowest BCUT2D eigenvalue weighted by molar-refractivity contribution is 0.0540. The number of aryl methyl sites for hydroxylation is 1. The van der Waals surface area contributed by atoms with Gasteiger partial charge in [0.1, 0.15) is 5.82 Å². The minimum absolute atomic E-state index is 0.0441. The molecular formula is C19H23N3O. The van der Waals surface area contributed by atoms with Crippen LogP contribution < -0.4 is 5.32 Å². The average molecular weight is 309 g/mol. The highest BCUT2D eigenvalue weighted by atomic mass is 16.3. The minimum Gasteiger partial charge on any atom is -0.384 e. The van der Waals surface area contributed by atoms with E-state index in [1.165, 1.54) is 0 Å². The molecule has 1 aromatic heterocycles. The summed E-state index contributed by atoms with van der Waals surface area (Å²) in [5.74, 6) is 0.968. The number of hydrogen-bond acceptors (Lipinski definition) is 3. The van der Waals surface area contributed by atoms with E-state index in [1.54, 1.807) is 0 Å². The van der Waals surface area contributed by atoms with Crippen molar-refractivity contribution in [2.24, 2.45) is 7.05 Å². The van der Waals surface area contributed by atoms with Crippen LogP contribution >= 0.6 is 0 Å². The van der Waals surface area contributed by atoms with Gasteiger partial charge in [0.25, 0.3) is 0 Å². The molecule has 0 aliphatic heterocycles. The van der Waals surface area contributed by atoms with Gasteiger partial charge >= 0.3 is 0 Å². The summed E-state index contributed by atoms with van der Waals surface area (Å²) in [6, 6.07) is 17.9. The maximum absolute atomic E-state index is 10.7. The fourth-order valence-electron chi connectivity index (χ4n) is 2.89. The summed E-state index contributed by atoms with van der Waals surface area (Å²) < 4.78 is 2.10. The standard InChI is InChI=1S/C19H23N3O/c1-14(18-21-16-11-7-8-12-17(16)22(18)3)20-13-19(2,23)15-9-5-4-6-10-15/h4-12,14,20,23H,13H2,1-3H3. The largest absolute Gasteiger partial charge is 0.384 e. The fourth-order valence-corrected chi connectivity index (χ4v) is 2.89. The molecule has 0 amide bonds. The Bertz CT molecular complexity index is 793. The molecule has 2 aromatic carbocycles. The molecule has 0 fully saturated rings. The van der Waals surface area contributed by atoms with Crippen LogP contribution in [-0.2, 0) is 12.6 Å². The third-order valence-corrected chi connectivity index (χ3v) is 4.36. The topological polar surface area (TPSA) is 50.1 Å². The second-order valence-electron chi connectivity index (χ2n) is 6.26. The molecule has 0 saturated carbocycles. The van der Waals surface area contributed by atoms with E-state index in [2.05, 4.69) is 22.9 Å². The van der Waals surface area contributed by atoms with Crippen LogP contribution in [-0.4, -0.2) is 21.2 Å². The van der Waals surface area contributed by atoms with Crippen LogP contribution in [0.2, 0.25) is 0 Å². The smallest absolute Gasteiger partial charge is 0.126 e. The van der Waals surface area contributed by atoms with Crippen LogP contribution in [0.3, 0.4) is 0 Å². The highest BCUT2D eigenvalue weighted by Gasteiger charge is 2.24. The molecule has 2 N–H and O–H groups in total. The summed E-state index contributed by atoms with van der Waals surface area (Å²) in [4.78, 5) is 4.70. The van der Waals surface area contributed by atoms with E-state index in [0.29, 0.717) is 6.54 Å². The molecule has 4 nitrogen and oxygen atoms in total. The number of imidazole rings is 1. The van der Waals surface area contributed by atoms with Crippen LogP contribution in [0.25, 0.3) is 11.0 Å². The molecule has 0 aliphatic carbocycles. The molecule has 4 heteroatoms. The van der Waals surface area contributed by atoms with E-state index in [-0.39, 0.29) is 6.04 Å². The number of aliphatic hydroxyl groups is 1. The maximum Gasteiger partial charge on any atom is 0.126 e. The molecule has 2 atom stereocenters. The average Bonchev–Trinajstić information content (AvgIpc) is 2.91. The predicted molar refractivity (Wildman–Crippen MR) is 93.1 cm³/mol. The summed E-state index contributed by atoms with van der Waals surface area (Å²) in [5.41, 5.74) is 2.10. The number of benzene rings is 2. The number of fused-ring (bicyclic) bond motifs is 1. The summed E-state index contributed by atoms with van der Waals surface area (Å²) >= 11 is 0. The quantitative estimate of drug-likeness (QED) is 0.761. The van der Waals surface area contributed by atoms with E-state index < -0.39 is 5.60 Å². The Morgan fingerprint density at radius 3 is 2.48 bits per heavy atom. The van der Waals surface area contributed by atoms with Crippen molar-refractivity contribution < 1.29 is 5.11 Å².